The van der Waals surface area contributed by atoms with Crippen LogP contribution in [0.5, 0.6) is 0 Å². The molecule has 2 aromatic carbocycles. The van der Waals surface area contributed by atoms with Crippen LogP contribution in [0.2, 0.25) is 10.0 Å². The average molecular weight is 379 g/mol. The number of nitrogens with one attached hydrogen (secondary N) is 2. The van der Waals surface area contributed by atoms with Crippen LogP contribution in [0.4, 0.5) is 11.4 Å². The highest BCUT2D eigenvalue weighted by Gasteiger charge is 2.20. The summed E-state index contributed by atoms with van der Waals surface area (Å²) in [6, 6.07) is 15.2. The molecule has 0 spiro atoms. The minimum Gasteiger partial charge on any atom is -0.360 e. The van der Waals surface area contributed by atoms with Crippen molar-refractivity contribution >= 4 is 40.5 Å². The summed E-state index contributed by atoms with van der Waals surface area (Å²) in [4.78, 5) is 15.9. The van der Waals surface area contributed by atoms with Crippen molar-refractivity contribution in [1.29, 1.82) is 0 Å². The van der Waals surface area contributed by atoms with E-state index in [9.17, 15) is 4.79 Å². The number of nitrogens with zero attached hydrogens (tertiary/aromatic N) is 1. The van der Waals surface area contributed by atoms with Crippen LogP contribution in [0.1, 0.15) is 6.42 Å². The van der Waals surface area contributed by atoms with Crippen LogP contribution in [-0.2, 0) is 4.79 Å². The summed E-state index contributed by atoms with van der Waals surface area (Å²) >= 11 is 11.9. The summed E-state index contributed by atoms with van der Waals surface area (Å²) in [6.07, 6.45) is 0.517. The van der Waals surface area contributed by atoms with E-state index in [4.69, 9.17) is 23.2 Å². The summed E-state index contributed by atoms with van der Waals surface area (Å²) in [5, 5.41) is 4.29. The van der Waals surface area contributed by atoms with Gasteiger partial charge in [-0.05, 0) is 42.5 Å². The first kappa shape index (κ1) is 18.1. The number of hydrogen-bond acceptors (Lipinski definition) is 2. The molecule has 6 heteroatoms. The molecule has 1 fully saturated rings. The maximum Gasteiger partial charge on any atom is 0.230 e. The van der Waals surface area contributed by atoms with E-state index in [1.165, 1.54) is 10.6 Å². The number of carbonyl (C=O) groups is 1. The topological polar surface area (TPSA) is 36.8 Å². The third-order valence-corrected chi connectivity index (χ3v) is 4.96. The normalized spacial score (nSPS) is 15.2. The van der Waals surface area contributed by atoms with Crippen LogP contribution in [-0.4, -0.2) is 38.6 Å². The van der Waals surface area contributed by atoms with Gasteiger partial charge in [0.05, 0.1) is 39.1 Å². The van der Waals surface area contributed by atoms with Crippen molar-refractivity contribution in [3.05, 3.63) is 58.6 Å². The summed E-state index contributed by atoms with van der Waals surface area (Å²) < 4.78 is 0. The molecule has 0 radical (unpaired) electrons. The Morgan fingerprint density at radius 3 is 2.44 bits per heavy atom. The molecule has 1 heterocycles. The molecule has 0 atom stereocenters. The maximum atomic E-state index is 12.1. The molecular formula is C19H22Cl2N3O+. The Hall–Kier alpha value is -1.75. The van der Waals surface area contributed by atoms with Gasteiger partial charge in [-0.1, -0.05) is 29.3 Å². The molecule has 1 amide bonds. The Kier molecular flexibility index (Phi) is 6.19. The predicted molar refractivity (Wildman–Crippen MR) is 104 cm³/mol. The van der Waals surface area contributed by atoms with Gasteiger partial charge in [0.1, 0.15) is 0 Å². The zero-order valence-electron chi connectivity index (χ0n) is 14.0. The first-order chi connectivity index (χ1) is 12.1. The lowest BCUT2D eigenvalue weighted by molar-refractivity contribution is -0.900. The number of carbonyl (C=O) groups excluding carboxylic acids is 1. The van der Waals surface area contributed by atoms with Gasteiger partial charge in [-0.2, -0.15) is 0 Å². The molecule has 4 nitrogen and oxygen atoms in total. The first-order valence-electron chi connectivity index (χ1n) is 8.50. The Morgan fingerprint density at radius 1 is 1.04 bits per heavy atom. The third-order valence-electron chi connectivity index (χ3n) is 4.48. The molecule has 132 valence electrons. The van der Waals surface area contributed by atoms with E-state index in [2.05, 4.69) is 22.3 Å². The molecule has 0 bridgehead atoms. The van der Waals surface area contributed by atoms with E-state index in [-0.39, 0.29) is 5.91 Å². The van der Waals surface area contributed by atoms with Crippen LogP contribution in [0, 0.1) is 0 Å². The summed E-state index contributed by atoms with van der Waals surface area (Å²) in [5.74, 6) is 0.0369. The van der Waals surface area contributed by atoms with Gasteiger partial charge in [-0.3, -0.25) is 4.79 Å². The monoisotopic (exact) mass is 378 g/mol. The van der Waals surface area contributed by atoms with E-state index in [0.717, 1.165) is 43.4 Å². The molecule has 3 rings (SSSR count). The molecular weight excluding hydrogens is 357 g/mol. The molecule has 0 aliphatic carbocycles. The molecule has 0 saturated carbocycles. The Bertz CT molecular complexity index is 713. The fraction of sp³-hybridized carbons (Fsp3) is 0.316. The number of amides is 1. The summed E-state index contributed by atoms with van der Waals surface area (Å²) in [5.41, 5.74) is 1.96. The highest BCUT2D eigenvalue weighted by molar-refractivity contribution is 6.31. The van der Waals surface area contributed by atoms with Crippen molar-refractivity contribution < 1.29 is 9.69 Å². The predicted octanol–water partition coefficient (Wildman–Crippen LogP) is 2.73. The van der Waals surface area contributed by atoms with Crippen LogP contribution in [0.15, 0.2) is 48.5 Å². The lowest BCUT2D eigenvalue weighted by Crippen LogP contribution is -3.15. The standard InChI is InChI=1S/C19H21Cl2N3O/c20-15-4-6-18(7-5-15)24-12-10-23(11-13-24)9-8-19(25)22-17-3-1-2-16(21)14-17/h1-7,14H,8-13H2,(H,22,25)/p+1. The first-order valence-corrected chi connectivity index (χ1v) is 9.25. The number of benzene rings is 2. The quantitative estimate of drug-likeness (QED) is 0.838. The second-order valence-electron chi connectivity index (χ2n) is 6.27. The molecule has 25 heavy (non-hydrogen) atoms. The van der Waals surface area contributed by atoms with Crippen LogP contribution >= 0.6 is 23.2 Å². The smallest absolute Gasteiger partial charge is 0.230 e. The number of quaternary nitrogens is 1. The van der Waals surface area contributed by atoms with E-state index in [0.29, 0.717) is 11.4 Å². The minimum atomic E-state index is 0.0369. The van der Waals surface area contributed by atoms with Gasteiger partial charge in [0.25, 0.3) is 0 Å². The molecule has 2 N–H and O–H groups in total. The molecule has 0 aromatic heterocycles. The lowest BCUT2D eigenvalue weighted by atomic mass is 10.2. The number of rotatable bonds is 5. The fourth-order valence-electron chi connectivity index (χ4n) is 3.06. The molecule has 1 aliphatic heterocycles. The van der Waals surface area contributed by atoms with Gasteiger partial charge in [-0.15, -0.1) is 0 Å². The van der Waals surface area contributed by atoms with E-state index in [1.54, 1.807) is 12.1 Å². The van der Waals surface area contributed by atoms with Gasteiger partial charge >= 0.3 is 0 Å². The van der Waals surface area contributed by atoms with Gasteiger partial charge in [-0.25, -0.2) is 0 Å². The summed E-state index contributed by atoms with van der Waals surface area (Å²) in [6.45, 7) is 4.90. The van der Waals surface area contributed by atoms with Crippen LogP contribution in [0.25, 0.3) is 0 Å². The van der Waals surface area contributed by atoms with Crippen molar-refractivity contribution in [2.24, 2.45) is 0 Å². The molecule has 1 aliphatic rings. The Morgan fingerprint density at radius 2 is 1.76 bits per heavy atom. The Balaban J connectivity index is 1.41. The van der Waals surface area contributed by atoms with E-state index < -0.39 is 0 Å². The fourth-order valence-corrected chi connectivity index (χ4v) is 3.38. The number of hydrogen-bond donors (Lipinski definition) is 2. The van der Waals surface area contributed by atoms with Crippen molar-refractivity contribution in [1.82, 2.24) is 0 Å². The second-order valence-corrected chi connectivity index (χ2v) is 7.14. The average Bonchev–Trinajstić information content (AvgIpc) is 2.61. The third kappa shape index (κ3) is 5.36. The minimum absolute atomic E-state index is 0.0369. The Labute approximate surface area is 158 Å². The highest BCUT2D eigenvalue weighted by atomic mass is 35.5. The van der Waals surface area contributed by atoms with Crippen molar-refractivity contribution in [2.75, 3.05) is 42.9 Å². The lowest BCUT2D eigenvalue weighted by Gasteiger charge is -2.33. The van der Waals surface area contributed by atoms with Crippen LogP contribution < -0.4 is 15.1 Å². The van der Waals surface area contributed by atoms with E-state index >= 15 is 0 Å². The number of piperazine rings is 1. The molecule has 2 aromatic rings. The van der Waals surface area contributed by atoms with Crippen molar-refractivity contribution in [3.8, 4) is 0 Å². The van der Waals surface area contributed by atoms with Crippen molar-refractivity contribution in [2.45, 2.75) is 6.42 Å². The van der Waals surface area contributed by atoms with Gasteiger partial charge in [0.15, 0.2) is 0 Å². The number of halogens is 2. The SMILES string of the molecule is O=C(CC[NH+]1CCN(c2ccc(Cl)cc2)CC1)Nc1cccc(Cl)c1. The maximum absolute atomic E-state index is 12.1. The summed E-state index contributed by atoms with van der Waals surface area (Å²) in [7, 11) is 0. The van der Waals surface area contributed by atoms with Gasteiger partial charge in [0, 0.05) is 21.4 Å². The van der Waals surface area contributed by atoms with Gasteiger partial charge in [0.2, 0.25) is 5.91 Å². The molecule has 0 unspecified atom stereocenters. The zero-order chi connectivity index (χ0) is 17.6. The van der Waals surface area contributed by atoms with E-state index in [1.807, 2.05) is 24.3 Å². The van der Waals surface area contributed by atoms with Crippen molar-refractivity contribution in [3.63, 3.8) is 0 Å². The number of anilines is 2. The van der Waals surface area contributed by atoms with Crippen LogP contribution in [0.3, 0.4) is 0 Å². The molecule has 1 saturated heterocycles. The second kappa shape index (κ2) is 8.56. The largest absolute Gasteiger partial charge is 0.360 e. The van der Waals surface area contributed by atoms with Gasteiger partial charge < -0.3 is 15.1 Å². The zero-order valence-corrected chi connectivity index (χ0v) is 15.5. The highest BCUT2D eigenvalue weighted by Crippen LogP contribution is 2.18.